The summed E-state index contributed by atoms with van der Waals surface area (Å²) in [7, 11) is 0. The lowest BCUT2D eigenvalue weighted by Crippen LogP contribution is -2.29. The number of carbonyl (C=O) groups is 1. The predicted octanol–water partition coefficient (Wildman–Crippen LogP) is 3.34. The van der Waals surface area contributed by atoms with Crippen LogP contribution in [0.25, 0.3) is 0 Å². The van der Waals surface area contributed by atoms with Crippen molar-refractivity contribution in [2.75, 3.05) is 11.9 Å². The molecule has 0 bridgehead atoms. The Morgan fingerprint density at radius 3 is 2.43 bits per heavy atom. The molecule has 1 aliphatic carbocycles. The highest BCUT2D eigenvalue weighted by Crippen LogP contribution is 2.30. The first-order valence-electron chi connectivity index (χ1n) is 7.48. The zero-order valence-corrected chi connectivity index (χ0v) is 12.6. The minimum atomic E-state index is -0.148. The van der Waals surface area contributed by atoms with Crippen LogP contribution in [0.15, 0.2) is 24.3 Å². The van der Waals surface area contributed by atoms with E-state index in [-0.39, 0.29) is 18.6 Å². The van der Waals surface area contributed by atoms with Crippen LogP contribution in [0.4, 0.5) is 5.69 Å². The van der Waals surface area contributed by atoms with E-state index in [2.05, 4.69) is 19.2 Å². The van der Waals surface area contributed by atoms with Gasteiger partial charge >= 0.3 is 0 Å². The number of anilines is 1. The first kappa shape index (κ1) is 15.5. The van der Waals surface area contributed by atoms with Crippen LogP contribution in [-0.2, 0) is 9.53 Å². The molecule has 0 radical (unpaired) electrons. The third-order valence-electron chi connectivity index (χ3n) is 3.88. The molecule has 1 aliphatic rings. The minimum absolute atomic E-state index is 0.0874. The molecule has 2 rings (SSSR count). The quantitative estimate of drug-likeness (QED) is 0.923. The Labute approximate surface area is 126 Å². The van der Waals surface area contributed by atoms with E-state index in [1.165, 1.54) is 6.42 Å². The van der Waals surface area contributed by atoms with E-state index in [1.54, 1.807) is 24.3 Å². The third-order valence-corrected chi connectivity index (χ3v) is 3.88. The third kappa shape index (κ3) is 4.87. The van der Waals surface area contributed by atoms with Crippen molar-refractivity contribution in [2.45, 2.75) is 39.2 Å². The van der Waals surface area contributed by atoms with Crippen LogP contribution in [0.5, 0.6) is 0 Å². The summed E-state index contributed by atoms with van der Waals surface area (Å²) in [6.45, 7) is 4.57. The summed E-state index contributed by atoms with van der Waals surface area (Å²) in [4.78, 5) is 11.9. The summed E-state index contributed by atoms with van der Waals surface area (Å²) in [6.07, 6.45) is 3.51. The highest BCUT2D eigenvalue weighted by Gasteiger charge is 2.24. The Bertz CT molecular complexity index is 509. The second-order valence-corrected chi connectivity index (χ2v) is 6.09. The van der Waals surface area contributed by atoms with Gasteiger partial charge in [-0.15, -0.1) is 0 Å². The number of nitriles is 1. The molecule has 2 unspecified atom stereocenters. The van der Waals surface area contributed by atoms with Gasteiger partial charge in [-0.25, -0.2) is 0 Å². The maximum Gasteiger partial charge on any atom is 0.250 e. The summed E-state index contributed by atoms with van der Waals surface area (Å²) in [5, 5.41) is 11.5. The predicted molar refractivity (Wildman–Crippen MR) is 81.7 cm³/mol. The molecule has 1 aromatic rings. The lowest BCUT2D eigenvalue weighted by molar-refractivity contribution is -0.124. The molecule has 0 heterocycles. The second-order valence-electron chi connectivity index (χ2n) is 6.09. The molecule has 21 heavy (non-hydrogen) atoms. The summed E-state index contributed by atoms with van der Waals surface area (Å²) in [5.74, 6) is 1.19. The van der Waals surface area contributed by atoms with Gasteiger partial charge in [0.2, 0.25) is 5.91 Å². The second kappa shape index (κ2) is 7.24. The van der Waals surface area contributed by atoms with Gasteiger partial charge in [0.05, 0.1) is 17.7 Å². The average Bonchev–Trinajstić information content (AvgIpc) is 2.45. The molecule has 0 aromatic heterocycles. The van der Waals surface area contributed by atoms with E-state index >= 15 is 0 Å². The monoisotopic (exact) mass is 286 g/mol. The largest absolute Gasteiger partial charge is 0.368 e. The number of hydrogen-bond acceptors (Lipinski definition) is 3. The summed E-state index contributed by atoms with van der Waals surface area (Å²) >= 11 is 0. The first-order chi connectivity index (χ1) is 10.1. The van der Waals surface area contributed by atoms with Crippen LogP contribution in [0, 0.1) is 23.2 Å². The van der Waals surface area contributed by atoms with Gasteiger partial charge in [0.25, 0.3) is 0 Å². The Morgan fingerprint density at radius 1 is 1.24 bits per heavy atom. The zero-order chi connectivity index (χ0) is 15.2. The van der Waals surface area contributed by atoms with Crippen molar-refractivity contribution in [1.29, 1.82) is 5.26 Å². The van der Waals surface area contributed by atoms with Gasteiger partial charge in [0, 0.05) is 5.69 Å². The van der Waals surface area contributed by atoms with Crippen LogP contribution in [0.2, 0.25) is 0 Å². The van der Waals surface area contributed by atoms with Crippen molar-refractivity contribution in [3.8, 4) is 6.07 Å². The van der Waals surface area contributed by atoms with E-state index in [0.29, 0.717) is 23.1 Å². The lowest BCUT2D eigenvalue weighted by Gasteiger charge is -2.31. The van der Waals surface area contributed by atoms with Crippen molar-refractivity contribution < 1.29 is 9.53 Å². The maximum absolute atomic E-state index is 11.9. The molecule has 0 spiro atoms. The Kier molecular flexibility index (Phi) is 5.35. The molecule has 1 saturated carbocycles. The number of hydrogen-bond donors (Lipinski definition) is 1. The molecule has 4 heteroatoms. The highest BCUT2D eigenvalue weighted by molar-refractivity contribution is 5.91. The van der Waals surface area contributed by atoms with E-state index in [9.17, 15) is 4.79 Å². The van der Waals surface area contributed by atoms with Crippen LogP contribution in [0.1, 0.15) is 38.7 Å². The number of ether oxygens (including phenoxy) is 1. The van der Waals surface area contributed by atoms with Crippen LogP contribution < -0.4 is 5.32 Å². The maximum atomic E-state index is 11.9. The molecule has 1 aromatic carbocycles. The van der Waals surface area contributed by atoms with Gasteiger partial charge in [-0.3, -0.25) is 4.79 Å². The summed E-state index contributed by atoms with van der Waals surface area (Å²) in [6, 6.07) is 8.86. The van der Waals surface area contributed by atoms with Gasteiger partial charge in [-0.1, -0.05) is 13.8 Å². The summed E-state index contributed by atoms with van der Waals surface area (Å²) in [5.41, 5.74) is 1.27. The van der Waals surface area contributed by atoms with E-state index in [4.69, 9.17) is 10.00 Å². The minimum Gasteiger partial charge on any atom is -0.368 e. The van der Waals surface area contributed by atoms with Crippen LogP contribution in [-0.4, -0.2) is 18.6 Å². The van der Waals surface area contributed by atoms with E-state index in [1.807, 2.05) is 6.07 Å². The van der Waals surface area contributed by atoms with Crippen molar-refractivity contribution in [3.63, 3.8) is 0 Å². The Balaban J connectivity index is 1.78. The van der Waals surface area contributed by atoms with Crippen molar-refractivity contribution in [1.82, 2.24) is 0 Å². The molecule has 1 amide bonds. The smallest absolute Gasteiger partial charge is 0.250 e. The topological polar surface area (TPSA) is 62.1 Å². The van der Waals surface area contributed by atoms with E-state index < -0.39 is 0 Å². The standard InChI is InChI=1S/C17H22N2O2/c1-12-7-13(2)9-16(8-12)21-11-17(20)19-15-5-3-14(10-18)4-6-15/h3-6,12-13,16H,7-9,11H2,1-2H3,(H,19,20). The SMILES string of the molecule is CC1CC(C)CC(OCC(=O)Nc2ccc(C#N)cc2)C1. The van der Waals surface area contributed by atoms with Gasteiger partial charge < -0.3 is 10.1 Å². The van der Waals surface area contributed by atoms with Crippen molar-refractivity contribution >= 4 is 11.6 Å². The number of benzene rings is 1. The molecular weight excluding hydrogens is 264 g/mol. The van der Waals surface area contributed by atoms with E-state index in [0.717, 1.165) is 12.8 Å². The van der Waals surface area contributed by atoms with Gasteiger partial charge in [-0.05, 0) is 55.4 Å². The van der Waals surface area contributed by atoms with Crippen LogP contribution in [0.3, 0.4) is 0 Å². The number of rotatable bonds is 4. The summed E-state index contributed by atoms with van der Waals surface area (Å²) < 4.78 is 5.74. The number of carbonyl (C=O) groups excluding carboxylic acids is 1. The molecule has 0 aliphatic heterocycles. The van der Waals surface area contributed by atoms with Crippen molar-refractivity contribution in [3.05, 3.63) is 29.8 Å². The fraction of sp³-hybridized carbons (Fsp3) is 0.529. The van der Waals surface area contributed by atoms with Crippen molar-refractivity contribution in [2.24, 2.45) is 11.8 Å². The Hall–Kier alpha value is -1.86. The average molecular weight is 286 g/mol. The Morgan fingerprint density at radius 2 is 1.86 bits per heavy atom. The van der Waals surface area contributed by atoms with Gasteiger partial charge in [0.1, 0.15) is 6.61 Å². The molecule has 1 fully saturated rings. The number of nitrogens with zero attached hydrogens (tertiary/aromatic N) is 1. The van der Waals surface area contributed by atoms with Crippen LogP contribution >= 0.6 is 0 Å². The first-order valence-corrected chi connectivity index (χ1v) is 7.48. The van der Waals surface area contributed by atoms with Gasteiger partial charge in [-0.2, -0.15) is 5.26 Å². The molecular formula is C17H22N2O2. The lowest BCUT2D eigenvalue weighted by atomic mass is 9.82. The zero-order valence-electron chi connectivity index (χ0n) is 12.6. The molecule has 1 N–H and O–H groups in total. The number of nitrogens with one attached hydrogen (secondary N) is 1. The molecule has 0 saturated heterocycles. The fourth-order valence-corrected chi connectivity index (χ4v) is 3.03. The number of amides is 1. The normalized spacial score (nSPS) is 25.1. The highest BCUT2D eigenvalue weighted by atomic mass is 16.5. The molecule has 2 atom stereocenters. The van der Waals surface area contributed by atoms with Gasteiger partial charge in [0.15, 0.2) is 0 Å². The fourth-order valence-electron chi connectivity index (χ4n) is 3.03. The molecule has 112 valence electrons. The molecule has 4 nitrogen and oxygen atoms in total.